The number of para-hydroxylation sites is 2. The molecular formula is C55H40N2. The first kappa shape index (κ1) is 33.2. The molecule has 0 bridgehead atoms. The van der Waals surface area contributed by atoms with Crippen molar-refractivity contribution in [3.05, 3.63) is 217 Å². The molecule has 1 aromatic heterocycles. The Morgan fingerprint density at radius 1 is 0.386 bits per heavy atom. The van der Waals surface area contributed by atoms with Gasteiger partial charge in [-0.25, -0.2) is 0 Å². The van der Waals surface area contributed by atoms with Gasteiger partial charge in [0.05, 0.1) is 16.7 Å². The average Bonchev–Trinajstić information content (AvgIpc) is 3.73. The largest absolute Gasteiger partial charge is 0.310 e. The monoisotopic (exact) mass is 728 g/mol. The zero-order valence-corrected chi connectivity index (χ0v) is 32.0. The number of hydrogen-bond acceptors (Lipinski definition) is 1. The van der Waals surface area contributed by atoms with Gasteiger partial charge in [0.2, 0.25) is 0 Å². The van der Waals surface area contributed by atoms with Gasteiger partial charge in [0.25, 0.3) is 0 Å². The van der Waals surface area contributed by atoms with E-state index in [1.165, 1.54) is 82.8 Å². The van der Waals surface area contributed by atoms with Crippen LogP contribution in [0.25, 0.3) is 71.6 Å². The van der Waals surface area contributed by atoms with E-state index in [1.54, 1.807) is 0 Å². The Hall–Kier alpha value is -7.16. The molecule has 10 aromatic rings. The molecule has 11 rings (SSSR count). The molecule has 0 fully saturated rings. The number of aromatic nitrogens is 1. The van der Waals surface area contributed by atoms with E-state index >= 15 is 0 Å². The lowest BCUT2D eigenvalue weighted by atomic mass is 9.82. The van der Waals surface area contributed by atoms with E-state index in [2.05, 4.69) is 230 Å². The van der Waals surface area contributed by atoms with Crippen molar-refractivity contribution >= 4 is 49.6 Å². The van der Waals surface area contributed by atoms with Crippen molar-refractivity contribution in [1.29, 1.82) is 0 Å². The summed E-state index contributed by atoms with van der Waals surface area (Å²) < 4.78 is 2.45. The first-order valence-electron chi connectivity index (χ1n) is 19.9. The molecule has 2 heteroatoms. The number of benzene rings is 9. The van der Waals surface area contributed by atoms with Gasteiger partial charge < -0.3 is 9.47 Å². The molecule has 0 N–H and O–H groups in total. The second-order valence-corrected chi connectivity index (χ2v) is 15.7. The number of hydrogen-bond donors (Lipinski definition) is 0. The summed E-state index contributed by atoms with van der Waals surface area (Å²) in [4.78, 5) is 2.40. The smallest absolute Gasteiger partial charge is 0.0547 e. The summed E-state index contributed by atoms with van der Waals surface area (Å²) >= 11 is 0. The quantitative estimate of drug-likeness (QED) is 0.165. The molecule has 270 valence electrons. The molecule has 2 nitrogen and oxygen atoms in total. The van der Waals surface area contributed by atoms with Crippen molar-refractivity contribution in [2.75, 3.05) is 4.90 Å². The van der Waals surface area contributed by atoms with Crippen LogP contribution in [-0.4, -0.2) is 4.57 Å². The lowest BCUT2D eigenvalue weighted by Crippen LogP contribution is -2.15. The Kier molecular flexibility index (Phi) is 7.55. The Labute approximate surface area is 333 Å². The van der Waals surface area contributed by atoms with Gasteiger partial charge in [0.15, 0.2) is 0 Å². The maximum Gasteiger partial charge on any atom is 0.0547 e. The maximum absolute atomic E-state index is 2.45. The second kappa shape index (κ2) is 13.0. The number of fused-ring (bicyclic) bond motifs is 8. The highest BCUT2D eigenvalue weighted by Gasteiger charge is 2.35. The van der Waals surface area contributed by atoms with Gasteiger partial charge in [-0.2, -0.15) is 0 Å². The van der Waals surface area contributed by atoms with Crippen molar-refractivity contribution in [2.45, 2.75) is 19.3 Å². The van der Waals surface area contributed by atoms with Crippen molar-refractivity contribution in [1.82, 2.24) is 4.57 Å². The van der Waals surface area contributed by atoms with E-state index in [9.17, 15) is 0 Å². The highest BCUT2D eigenvalue weighted by molar-refractivity contribution is 6.21. The average molecular weight is 729 g/mol. The molecule has 0 atom stereocenters. The van der Waals surface area contributed by atoms with Crippen molar-refractivity contribution in [2.24, 2.45) is 0 Å². The van der Waals surface area contributed by atoms with Crippen molar-refractivity contribution in [3.63, 3.8) is 0 Å². The van der Waals surface area contributed by atoms with Crippen LogP contribution in [0.4, 0.5) is 17.1 Å². The number of nitrogens with zero attached hydrogens (tertiary/aromatic N) is 2. The van der Waals surface area contributed by atoms with Crippen LogP contribution in [0.1, 0.15) is 25.0 Å². The van der Waals surface area contributed by atoms with E-state index in [4.69, 9.17) is 0 Å². The molecule has 1 heterocycles. The highest BCUT2D eigenvalue weighted by Crippen LogP contribution is 2.51. The number of anilines is 3. The summed E-state index contributed by atoms with van der Waals surface area (Å²) in [6, 6.07) is 75.5. The summed E-state index contributed by atoms with van der Waals surface area (Å²) in [5.74, 6) is 0. The van der Waals surface area contributed by atoms with Gasteiger partial charge in [-0.05, 0) is 104 Å². The van der Waals surface area contributed by atoms with Gasteiger partial charge in [-0.15, -0.1) is 0 Å². The third-order valence-corrected chi connectivity index (χ3v) is 12.2. The second-order valence-electron chi connectivity index (χ2n) is 15.7. The summed E-state index contributed by atoms with van der Waals surface area (Å²) in [5, 5.41) is 5.10. The molecule has 0 saturated carbocycles. The first-order chi connectivity index (χ1) is 28.0. The fourth-order valence-corrected chi connectivity index (χ4v) is 9.43. The summed E-state index contributed by atoms with van der Waals surface area (Å²) in [5.41, 5.74) is 17.1. The van der Waals surface area contributed by atoms with Gasteiger partial charge in [0, 0.05) is 38.8 Å². The van der Waals surface area contributed by atoms with Crippen LogP contribution in [0, 0.1) is 0 Å². The van der Waals surface area contributed by atoms with E-state index in [-0.39, 0.29) is 5.41 Å². The molecule has 0 saturated heterocycles. The zero-order valence-electron chi connectivity index (χ0n) is 32.0. The van der Waals surface area contributed by atoms with E-state index in [0.717, 1.165) is 17.1 Å². The Bertz CT molecular complexity index is 3130. The Morgan fingerprint density at radius 3 is 1.75 bits per heavy atom. The SMILES string of the molecule is CC1(C)c2ccccc2-c2cc(N(c3ccc(-c4ccccc4)cc3)c3ccc(-c4ccccc4-n4c5ccccc5c5c6ccccc6ccc54)cc3)ccc21. The van der Waals surface area contributed by atoms with Crippen LogP contribution in [0.15, 0.2) is 206 Å². The molecule has 57 heavy (non-hydrogen) atoms. The molecule has 1 aliphatic rings. The Morgan fingerprint density at radius 2 is 0.965 bits per heavy atom. The van der Waals surface area contributed by atoms with Gasteiger partial charge in [-0.1, -0.05) is 166 Å². The van der Waals surface area contributed by atoms with E-state index in [1.807, 2.05) is 0 Å². The van der Waals surface area contributed by atoms with Crippen LogP contribution >= 0.6 is 0 Å². The third kappa shape index (κ3) is 5.25. The Balaban J connectivity index is 1.05. The molecule has 0 aliphatic heterocycles. The van der Waals surface area contributed by atoms with Crippen LogP contribution < -0.4 is 4.90 Å². The fraction of sp³-hybridized carbons (Fsp3) is 0.0545. The molecule has 1 aliphatic carbocycles. The topological polar surface area (TPSA) is 8.17 Å². The molecule has 9 aromatic carbocycles. The highest BCUT2D eigenvalue weighted by atomic mass is 15.1. The van der Waals surface area contributed by atoms with Crippen molar-refractivity contribution in [3.8, 4) is 39.1 Å². The normalized spacial score (nSPS) is 12.9. The van der Waals surface area contributed by atoms with Gasteiger partial charge in [-0.3, -0.25) is 0 Å². The molecule has 0 spiro atoms. The van der Waals surface area contributed by atoms with Crippen LogP contribution in [0.5, 0.6) is 0 Å². The summed E-state index contributed by atoms with van der Waals surface area (Å²) in [6.45, 7) is 4.69. The maximum atomic E-state index is 2.45. The predicted octanol–water partition coefficient (Wildman–Crippen LogP) is 15.0. The number of rotatable bonds is 6. The fourth-order valence-electron chi connectivity index (χ4n) is 9.43. The first-order valence-corrected chi connectivity index (χ1v) is 19.9. The standard InChI is InChI=1S/C55H40N2/c1-55(2)49-21-11-8-19-46(49)48-36-43(33-34-50(48)55)56(41-29-24-38(25-30-41)37-14-4-3-5-15-37)42-31-26-40(27-32-42)44-17-9-12-22-51(44)57-52-23-13-10-20-47(52)54-45-18-7-6-16-39(45)28-35-53(54)57/h3-36H,1-2H3. The lowest BCUT2D eigenvalue weighted by molar-refractivity contribution is 0.660. The minimum Gasteiger partial charge on any atom is -0.310 e. The zero-order chi connectivity index (χ0) is 38.1. The van der Waals surface area contributed by atoms with Gasteiger partial charge in [0.1, 0.15) is 0 Å². The predicted molar refractivity (Wildman–Crippen MR) is 241 cm³/mol. The summed E-state index contributed by atoms with van der Waals surface area (Å²) in [6.07, 6.45) is 0. The summed E-state index contributed by atoms with van der Waals surface area (Å²) in [7, 11) is 0. The van der Waals surface area contributed by atoms with Crippen LogP contribution in [-0.2, 0) is 5.41 Å². The van der Waals surface area contributed by atoms with Gasteiger partial charge >= 0.3 is 0 Å². The molecule has 0 amide bonds. The molecule has 0 radical (unpaired) electrons. The minimum atomic E-state index is -0.0505. The van der Waals surface area contributed by atoms with Crippen LogP contribution in [0.3, 0.4) is 0 Å². The molecular weight excluding hydrogens is 689 g/mol. The van der Waals surface area contributed by atoms with Crippen LogP contribution in [0.2, 0.25) is 0 Å². The lowest BCUT2D eigenvalue weighted by Gasteiger charge is -2.27. The third-order valence-electron chi connectivity index (χ3n) is 12.2. The minimum absolute atomic E-state index is 0.0505. The van der Waals surface area contributed by atoms with Crippen molar-refractivity contribution < 1.29 is 0 Å². The van der Waals surface area contributed by atoms with E-state index < -0.39 is 0 Å². The molecule has 0 unspecified atom stereocenters. The van der Waals surface area contributed by atoms with E-state index in [0.29, 0.717) is 0 Å².